The Labute approximate surface area is 121 Å². The summed E-state index contributed by atoms with van der Waals surface area (Å²) in [6.45, 7) is 6.56. The molecule has 1 atom stereocenters. The highest BCUT2D eigenvalue weighted by Gasteiger charge is 2.38. The molecule has 0 bridgehead atoms. The van der Waals surface area contributed by atoms with Gasteiger partial charge in [-0.25, -0.2) is 0 Å². The Morgan fingerprint density at radius 1 is 1.42 bits per heavy atom. The number of piperazine rings is 1. The highest BCUT2D eigenvalue weighted by molar-refractivity contribution is 9.10. The molecule has 0 radical (unpaired) electrons. The molecule has 2 aliphatic heterocycles. The fourth-order valence-electron chi connectivity index (χ4n) is 2.97. The molecule has 102 valence electrons. The smallest absolute Gasteiger partial charge is 0.241 e. The lowest BCUT2D eigenvalue weighted by molar-refractivity contribution is -0.119. The summed E-state index contributed by atoms with van der Waals surface area (Å²) in [6.07, 6.45) is 0. The van der Waals surface area contributed by atoms with E-state index >= 15 is 0 Å². The highest BCUT2D eigenvalue weighted by atomic mass is 79.9. The standard InChI is InChI=1S/C14H18BrN3O/c1-9(2)17-8-10-6-16-7-13(19)18(10)12-5-3-4-11(15)14(12)17/h3-5,9-10,16H,6-8H2,1-2H3. The van der Waals surface area contributed by atoms with Crippen molar-refractivity contribution in [3.05, 3.63) is 22.7 Å². The Morgan fingerprint density at radius 3 is 2.95 bits per heavy atom. The van der Waals surface area contributed by atoms with E-state index in [1.54, 1.807) is 0 Å². The first kappa shape index (κ1) is 12.9. The van der Waals surface area contributed by atoms with Crippen LogP contribution in [0, 0.1) is 0 Å². The molecule has 1 fully saturated rings. The summed E-state index contributed by atoms with van der Waals surface area (Å²) in [7, 11) is 0. The molecule has 1 N–H and O–H groups in total. The van der Waals surface area contributed by atoms with Gasteiger partial charge in [0.1, 0.15) is 0 Å². The number of nitrogens with one attached hydrogen (secondary N) is 1. The lowest BCUT2D eigenvalue weighted by Crippen LogP contribution is -2.62. The molecule has 2 heterocycles. The van der Waals surface area contributed by atoms with Crippen molar-refractivity contribution in [3.8, 4) is 0 Å². The molecule has 1 aromatic carbocycles. The molecule has 4 nitrogen and oxygen atoms in total. The number of benzene rings is 1. The van der Waals surface area contributed by atoms with Crippen molar-refractivity contribution >= 4 is 33.2 Å². The summed E-state index contributed by atoms with van der Waals surface area (Å²) in [6, 6.07) is 6.73. The maximum Gasteiger partial charge on any atom is 0.241 e. The van der Waals surface area contributed by atoms with Gasteiger partial charge in [0, 0.05) is 23.6 Å². The molecule has 3 rings (SSSR count). The maximum absolute atomic E-state index is 12.2. The van der Waals surface area contributed by atoms with Gasteiger partial charge in [-0.15, -0.1) is 0 Å². The van der Waals surface area contributed by atoms with Crippen LogP contribution in [0.15, 0.2) is 22.7 Å². The van der Waals surface area contributed by atoms with E-state index < -0.39 is 0 Å². The molecular weight excluding hydrogens is 306 g/mol. The summed E-state index contributed by atoms with van der Waals surface area (Å²) in [4.78, 5) is 16.6. The van der Waals surface area contributed by atoms with Gasteiger partial charge in [0.2, 0.25) is 5.91 Å². The summed E-state index contributed by atoms with van der Waals surface area (Å²) in [5, 5.41) is 3.21. The van der Waals surface area contributed by atoms with Crippen LogP contribution in [-0.2, 0) is 4.79 Å². The zero-order valence-electron chi connectivity index (χ0n) is 11.2. The predicted octanol–water partition coefficient (Wildman–Crippen LogP) is 1.98. The Balaban J connectivity index is 2.14. The zero-order chi connectivity index (χ0) is 13.6. The minimum Gasteiger partial charge on any atom is -0.364 e. The third kappa shape index (κ3) is 2.05. The lowest BCUT2D eigenvalue weighted by Gasteiger charge is -2.47. The van der Waals surface area contributed by atoms with Crippen LogP contribution in [0.4, 0.5) is 11.4 Å². The first-order valence-electron chi connectivity index (χ1n) is 6.67. The Kier molecular flexibility index (Phi) is 3.27. The number of carbonyl (C=O) groups is 1. The van der Waals surface area contributed by atoms with Gasteiger partial charge in [-0.1, -0.05) is 6.07 Å². The van der Waals surface area contributed by atoms with Crippen LogP contribution in [0.2, 0.25) is 0 Å². The molecule has 0 aromatic heterocycles. The molecule has 1 amide bonds. The van der Waals surface area contributed by atoms with Crippen molar-refractivity contribution in [2.75, 3.05) is 29.4 Å². The first-order chi connectivity index (χ1) is 9.09. The van der Waals surface area contributed by atoms with Crippen molar-refractivity contribution in [2.45, 2.75) is 25.9 Å². The first-order valence-corrected chi connectivity index (χ1v) is 7.47. The largest absolute Gasteiger partial charge is 0.364 e. The summed E-state index contributed by atoms with van der Waals surface area (Å²) >= 11 is 3.63. The summed E-state index contributed by atoms with van der Waals surface area (Å²) < 4.78 is 1.06. The van der Waals surface area contributed by atoms with Crippen LogP contribution < -0.4 is 15.1 Å². The van der Waals surface area contributed by atoms with E-state index in [1.807, 2.05) is 23.1 Å². The number of amides is 1. The van der Waals surface area contributed by atoms with Crippen LogP contribution in [0.5, 0.6) is 0 Å². The highest BCUT2D eigenvalue weighted by Crippen LogP contribution is 2.42. The van der Waals surface area contributed by atoms with Crippen molar-refractivity contribution in [1.82, 2.24) is 5.32 Å². The Hall–Kier alpha value is -1.07. The number of anilines is 2. The molecule has 2 aliphatic rings. The molecule has 1 unspecified atom stereocenters. The van der Waals surface area contributed by atoms with Gasteiger partial charge >= 0.3 is 0 Å². The van der Waals surface area contributed by atoms with Gasteiger partial charge in [0.05, 0.1) is 24.0 Å². The minimum atomic E-state index is 0.166. The minimum absolute atomic E-state index is 0.166. The Morgan fingerprint density at radius 2 is 2.21 bits per heavy atom. The van der Waals surface area contributed by atoms with Crippen LogP contribution >= 0.6 is 15.9 Å². The average molecular weight is 324 g/mol. The number of rotatable bonds is 1. The van der Waals surface area contributed by atoms with Crippen molar-refractivity contribution in [3.63, 3.8) is 0 Å². The third-order valence-electron chi connectivity index (χ3n) is 3.83. The second kappa shape index (κ2) is 4.80. The van der Waals surface area contributed by atoms with Crippen molar-refractivity contribution in [1.29, 1.82) is 0 Å². The number of hydrogen-bond acceptors (Lipinski definition) is 3. The molecule has 19 heavy (non-hydrogen) atoms. The van der Waals surface area contributed by atoms with Crippen LogP contribution in [0.25, 0.3) is 0 Å². The third-order valence-corrected chi connectivity index (χ3v) is 4.47. The van der Waals surface area contributed by atoms with E-state index in [0.717, 1.165) is 28.9 Å². The fourth-order valence-corrected chi connectivity index (χ4v) is 3.56. The lowest BCUT2D eigenvalue weighted by atomic mass is 10.0. The molecule has 0 spiro atoms. The zero-order valence-corrected chi connectivity index (χ0v) is 12.8. The van der Waals surface area contributed by atoms with E-state index in [4.69, 9.17) is 0 Å². The molecule has 0 saturated carbocycles. The van der Waals surface area contributed by atoms with E-state index in [1.165, 1.54) is 0 Å². The van der Waals surface area contributed by atoms with E-state index in [-0.39, 0.29) is 11.9 Å². The van der Waals surface area contributed by atoms with E-state index in [0.29, 0.717) is 12.6 Å². The SMILES string of the molecule is CC(C)N1CC2CNCC(=O)N2c2cccc(Br)c21. The number of fused-ring (bicyclic) bond motifs is 3. The van der Waals surface area contributed by atoms with E-state index in [2.05, 4.69) is 40.0 Å². The van der Waals surface area contributed by atoms with Crippen LogP contribution in [0.1, 0.15) is 13.8 Å². The van der Waals surface area contributed by atoms with Crippen LogP contribution in [0.3, 0.4) is 0 Å². The number of para-hydroxylation sites is 1. The predicted molar refractivity (Wildman–Crippen MR) is 80.8 cm³/mol. The Bertz CT molecular complexity index is 517. The number of nitrogens with zero attached hydrogens (tertiary/aromatic N) is 2. The molecule has 0 aliphatic carbocycles. The number of halogens is 1. The van der Waals surface area contributed by atoms with Crippen molar-refractivity contribution in [2.24, 2.45) is 0 Å². The molecular formula is C14H18BrN3O. The normalized spacial score (nSPS) is 22.5. The van der Waals surface area contributed by atoms with Gasteiger partial charge in [0.25, 0.3) is 0 Å². The van der Waals surface area contributed by atoms with Crippen molar-refractivity contribution < 1.29 is 4.79 Å². The summed E-state index contributed by atoms with van der Waals surface area (Å²) in [5.41, 5.74) is 2.18. The quantitative estimate of drug-likeness (QED) is 0.858. The maximum atomic E-state index is 12.2. The molecule has 1 aromatic rings. The van der Waals surface area contributed by atoms with Gasteiger partial charge in [-0.2, -0.15) is 0 Å². The second-order valence-electron chi connectivity index (χ2n) is 5.40. The number of hydrogen-bond donors (Lipinski definition) is 1. The van der Waals surface area contributed by atoms with Gasteiger partial charge in [0.15, 0.2) is 0 Å². The fraction of sp³-hybridized carbons (Fsp3) is 0.500. The number of carbonyl (C=O) groups excluding carboxylic acids is 1. The molecule has 5 heteroatoms. The van der Waals surface area contributed by atoms with Gasteiger partial charge in [-0.05, 0) is 41.9 Å². The monoisotopic (exact) mass is 323 g/mol. The second-order valence-corrected chi connectivity index (χ2v) is 6.26. The average Bonchev–Trinajstić information content (AvgIpc) is 2.37. The van der Waals surface area contributed by atoms with E-state index in [9.17, 15) is 4.79 Å². The van der Waals surface area contributed by atoms with Crippen LogP contribution in [-0.4, -0.2) is 37.6 Å². The topological polar surface area (TPSA) is 35.6 Å². The summed E-state index contributed by atoms with van der Waals surface area (Å²) in [5.74, 6) is 0.166. The molecule has 1 saturated heterocycles. The van der Waals surface area contributed by atoms with Gasteiger partial charge < -0.3 is 15.1 Å². The van der Waals surface area contributed by atoms with Gasteiger partial charge in [-0.3, -0.25) is 4.79 Å².